The number of rotatable bonds is 3. The number of carbonyl (C=O) groups is 1. The Morgan fingerprint density at radius 1 is 1.06 bits per heavy atom. The third-order valence-electron chi connectivity index (χ3n) is 2.27. The van der Waals surface area contributed by atoms with Crippen LogP contribution in [-0.4, -0.2) is 10.8 Å². The minimum atomic E-state index is -0.103. The number of aromatic nitrogens is 1. The van der Waals surface area contributed by atoms with Gasteiger partial charge in [0.2, 0.25) is 0 Å². The average Bonchev–Trinajstić information content (AvgIpc) is 2.37. The van der Waals surface area contributed by atoms with Crippen LogP contribution in [0.2, 0.25) is 10.2 Å². The maximum Gasteiger partial charge on any atom is 0.185 e. The Morgan fingerprint density at radius 2 is 1.78 bits per heavy atom. The van der Waals surface area contributed by atoms with E-state index in [0.29, 0.717) is 21.4 Å². The molecule has 0 aliphatic heterocycles. The zero-order valence-electron chi connectivity index (χ0n) is 9.31. The molecule has 0 radical (unpaired) electrons. The van der Waals surface area contributed by atoms with E-state index in [4.69, 9.17) is 23.2 Å². The van der Waals surface area contributed by atoms with Crippen LogP contribution in [0.15, 0.2) is 48.5 Å². The summed E-state index contributed by atoms with van der Waals surface area (Å²) < 4.78 is 0. The van der Waals surface area contributed by atoms with Crippen molar-refractivity contribution < 1.29 is 4.79 Å². The van der Waals surface area contributed by atoms with E-state index in [-0.39, 0.29) is 5.78 Å². The lowest BCUT2D eigenvalue weighted by Crippen LogP contribution is -1.93. The topological polar surface area (TPSA) is 30.0 Å². The van der Waals surface area contributed by atoms with Crippen molar-refractivity contribution in [1.82, 2.24) is 4.98 Å². The number of ketones is 1. The van der Waals surface area contributed by atoms with Crippen LogP contribution >= 0.6 is 23.2 Å². The highest BCUT2D eigenvalue weighted by Crippen LogP contribution is 2.11. The molecular formula is C14H9Cl2NO. The largest absolute Gasteiger partial charge is 0.289 e. The third-order valence-corrected chi connectivity index (χ3v) is 2.73. The Labute approximate surface area is 115 Å². The van der Waals surface area contributed by atoms with Gasteiger partial charge in [0.25, 0.3) is 0 Å². The highest BCUT2D eigenvalue weighted by Gasteiger charge is 2.01. The first-order chi connectivity index (χ1) is 8.65. The van der Waals surface area contributed by atoms with Crippen LogP contribution in [0, 0.1) is 0 Å². The maximum absolute atomic E-state index is 11.8. The lowest BCUT2D eigenvalue weighted by molar-refractivity contribution is 0.104. The smallest absolute Gasteiger partial charge is 0.185 e. The van der Waals surface area contributed by atoms with Crippen LogP contribution in [0.4, 0.5) is 0 Å². The van der Waals surface area contributed by atoms with E-state index in [0.717, 1.165) is 0 Å². The van der Waals surface area contributed by atoms with E-state index in [9.17, 15) is 4.79 Å². The van der Waals surface area contributed by atoms with Gasteiger partial charge >= 0.3 is 0 Å². The van der Waals surface area contributed by atoms with Gasteiger partial charge < -0.3 is 0 Å². The van der Waals surface area contributed by atoms with Crippen molar-refractivity contribution in [2.45, 2.75) is 0 Å². The quantitative estimate of drug-likeness (QED) is 0.476. The molecule has 2 aromatic rings. The van der Waals surface area contributed by atoms with Crippen molar-refractivity contribution in [2.75, 3.05) is 0 Å². The normalized spacial score (nSPS) is 10.8. The summed E-state index contributed by atoms with van der Waals surface area (Å²) in [5.74, 6) is -0.103. The molecule has 0 N–H and O–H groups in total. The summed E-state index contributed by atoms with van der Waals surface area (Å²) in [6, 6.07) is 12.0. The molecule has 0 fully saturated rings. The summed E-state index contributed by atoms with van der Waals surface area (Å²) in [7, 11) is 0. The molecule has 4 heteroatoms. The van der Waals surface area contributed by atoms with E-state index < -0.39 is 0 Å². The number of carbonyl (C=O) groups excluding carboxylic acids is 1. The summed E-state index contributed by atoms with van der Waals surface area (Å²) in [5.41, 5.74) is 1.22. The van der Waals surface area contributed by atoms with E-state index in [1.165, 1.54) is 6.08 Å². The van der Waals surface area contributed by atoms with Gasteiger partial charge in [0.15, 0.2) is 5.78 Å². The van der Waals surface area contributed by atoms with Gasteiger partial charge in [-0.25, -0.2) is 4.98 Å². The number of allylic oxidation sites excluding steroid dienone is 1. The fourth-order valence-electron chi connectivity index (χ4n) is 1.39. The highest BCUT2D eigenvalue weighted by molar-refractivity contribution is 6.30. The Hall–Kier alpha value is -1.64. The van der Waals surface area contributed by atoms with Gasteiger partial charge in [0.05, 0.1) is 5.69 Å². The lowest BCUT2D eigenvalue weighted by Gasteiger charge is -1.96. The van der Waals surface area contributed by atoms with Crippen molar-refractivity contribution in [3.05, 3.63) is 70.0 Å². The maximum atomic E-state index is 11.8. The predicted octanol–water partition coefficient (Wildman–Crippen LogP) is 4.28. The van der Waals surface area contributed by atoms with E-state index in [1.54, 1.807) is 48.5 Å². The first-order valence-corrected chi connectivity index (χ1v) is 6.01. The Morgan fingerprint density at radius 3 is 2.44 bits per heavy atom. The summed E-state index contributed by atoms with van der Waals surface area (Å²) in [6.07, 6.45) is 3.09. The molecule has 1 aromatic heterocycles. The van der Waals surface area contributed by atoms with Crippen molar-refractivity contribution >= 4 is 35.1 Å². The molecule has 0 bridgehead atoms. The minimum Gasteiger partial charge on any atom is -0.289 e. The second-order valence-electron chi connectivity index (χ2n) is 3.59. The second-order valence-corrected chi connectivity index (χ2v) is 4.41. The fraction of sp³-hybridized carbons (Fsp3) is 0. The molecule has 90 valence electrons. The second kappa shape index (κ2) is 5.80. The van der Waals surface area contributed by atoms with Gasteiger partial charge in [-0.05, 0) is 48.6 Å². The predicted molar refractivity (Wildman–Crippen MR) is 74.1 cm³/mol. The van der Waals surface area contributed by atoms with Crippen molar-refractivity contribution in [1.29, 1.82) is 0 Å². The number of halogens is 2. The van der Waals surface area contributed by atoms with Gasteiger partial charge in [-0.15, -0.1) is 0 Å². The van der Waals surface area contributed by atoms with E-state index in [2.05, 4.69) is 4.98 Å². The molecule has 0 saturated heterocycles. The van der Waals surface area contributed by atoms with Gasteiger partial charge in [0.1, 0.15) is 5.15 Å². The molecule has 0 atom stereocenters. The van der Waals surface area contributed by atoms with Crippen LogP contribution in [0.25, 0.3) is 6.08 Å². The SMILES string of the molecule is O=C(/C=C/c1cccc(Cl)n1)c1ccc(Cl)cc1. The molecule has 0 unspecified atom stereocenters. The summed E-state index contributed by atoms with van der Waals surface area (Å²) >= 11 is 11.5. The van der Waals surface area contributed by atoms with Crippen LogP contribution in [0.1, 0.15) is 16.1 Å². The molecule has 1 heterocycles. The highest BCUT2D eigenvalue weighted by atomic mass is 35.5. The monoisotopic (exact) mass is 277 g/mol. The molecule has 0 saturated carbocycles. The first-order valence-electron chi connectivity index (χ1n) is 5.26. The molecular weight excluding hydrogens is 269 g/mol. The van der Waals surface area contributed by atoms with Gasteiger partial charge in [-0.2, -0.15) is 0 Å². The van der Waals surface area contributed by atoms with E-state index in [1.807, 2.05) is 0 Å². The molecule has 1 aromatic carbocycles. The molecule has 0 amide bonds. The van der Waals surface area contributed by atoms with Crippen molar-refractivity contribution in [3.63, 3.8) is 0 Å². The summed E-state index contributed by atoms with van der Waals surface area (Å²) in [6.45, 7) is 0. The summed E-state index contributed by atoms with van der Waals surface area (Å²) in [5, 5.41) is 1.00. The van der Waals surface area contributed by atoms with E-state index >= 15 is 0 Å². The van der Waals surface area contributed by atoms with Crippen LogP contribution in [-0.2, 0) is 0 Å². The molecule has 0 aliphatic rings. The van der Waals surface area contributed by atoms with Crippen molar-refractivity contribution in [3.8, 4) is 0 Å². The van der Waals surface area contributed by atoms with Crippen molar-refractivity contribution in [2.24, 2.45) is 0 Å². The third kappa shape index (κ3) is 3.42. The summed E-state index contributed by atoms with van der Waals surface area (Å²) in [4.78, 5) is 15.9. The fourth-order valence-corrected chi connectivity index (χ4v) is 1.68. The molecule has 18 heavy (non-hydrogen) atoms. The Kier molecular flexibility index (Phi) is 4.13. The number of nitrogens with zero attached hydrogens (tertiary/aromatic N) is 1. The minimum absolute atomic E-state index is 0.103. The van der Waals surface area contributed by atoms with Crippen LogP contribution < -0.4 is 0 Å². The van der Waals surface area contributed by atoms with Crippen LogP contribution in [0.5, 0.6) is 0 Å². The molecule has 2 rings (SSSR count). The first kappa shape index (κ1) is 12.8. The van der Waals surface area contributed by atoms with Gasteiger partial charge in [0, 0.05) is 10.6 Å². The van der Waals surface area contributed by atoms with Gasteiger partial charge in [-0.1, -0.05) is 29.3 Å². The average molecular weight is 278 g/mol. The zero-order chi connectivity index (χ0) is 13.0. The number of hydrogen-bond donors (Lipinski definition) is 0. The number of benzene rings is 1. The standard InChI is InChI=1S/C14H9Cl2NO/c15-11-6-4-10(5-7-11)13(18)9-8-12-2-1-3-14(16)17-12/h1-9H/b9-8+. The molecule has 0 spiro atoms. The molecule has 2 nitrogen and oxygen atoms in total. The number of hydrogen-bond acceptors (Lipinski definition) is 2. The lowest BCUT2D eigenvalue weighted by atomic mass is 10.1. The number of pyridine rings is 1. The Bertz CT molecular complexity index is 591. The Balaban J connectivity index is 2.14. The zero-order valence-corrected chi connectivity index (χ0v) is 10.8. The molecule has 0 aliphatic carbocycles. The van der Waals surface area contributed by atoms with Gasteiger partial charge in [-0.3, -0.25) is 4.79 Å². The van der Waals surface area contributed by atoms with Crippen LogP contribution in [0.3, 0.4) is 0 Å².